The number of piperidine rings is 1. The lowest BCUT2D eigenvalue weighted by Gasteiger charge is -2.28. The van der Waals surface area contributed by atoms with Gasteiger partial charge in [-0.15, -0.1) is 0 Å². The monoisotopic (exact) mass is 277 g/mol. The summed E-state index contributed by atoms with van der Waals surface area (Å²) in [6.45, 7) is 0. The predicted molar refractivity (Wildman–Crippen MR) is 72.4 cm³/mol. The number of aromatic nitrogens is 2. The van der Waals surface area contributed by atoms with Crippen LogP contribution in [0.3, 0.4) is 0 Å². The fourth-order valence-corrected chi connectivity index (χ4v) is 3.77. The van der Waals surface area contributed by atoms with Crippen molar-refractivity contribution in [3.63, 3.8) is 0 Å². The van der Waals surface area contributed by atoms with Gasteiger partial charge in [0.05, 0.1) is 11.0 Å². The number of rotatable bonds is 2. The van der Waals surface area contributed by atoms with Gasteiger partial charge in [0, 0.05) is 30.6 Å². The van der Waals surface area contributed by atoms with Crippen molar-refractivity contribution in [2.45, 2.75) is 44.2 Å². The number of imidazole rings is 1. The third-order valence-electron chi connectivity index (χ3n) is 4.63. The van der Waals surface area contributed by atoms with E-state index >= 15 is 0 Å². The van der Waals surface area contributed by atoms with Crippen molar-refractivity contribution >= 4 is 11.0 Å². The number of fused-ring (bicyclic) bond motifs is 3. The lowest BCUT2D eigenvalue weighted by molar-refractivity contribution is 0.295. The van der Waals surface area contributed by atoms with Crippen molar-refractivity contribution in [3.8, 4) is 0 Å². The Morgan fingerprint density at radius 3 is 2.55 bits per heavy atom. The number of aromatic amines is 1. The van der Waals surface area contributed by atoms with Gasteiger partial charge in [0.2, 0.25) is 0 Å². The highest BCUT2D eigenvalue weighted by Gasteiger charge is 2.33. The van der Waals surface area contributed by atoms with Crippen LogP contribution in [0.25, 0.3) is 11.0 Å². The lowest BCUT2D eigenvalue weighted by Crippen LogP contribution is -2.38. The van der Waals surface area contributed by atoms with Gasteiger partial charge in [-0.1, -0.05) is 0 Å². The summed E-state index contributed by atoms with van der Waals surface area (Å²) < 4.78 is 26.4. The van der Waals surface area contributed by atoms with Crippen molar-refractivity contribution in [2.75, 3.05) is 0 Å². The molecule has 3 heterocycles. The Morgan fingerprint density at radius 1 is 1.10 bits per heavy atom. The van der Waals surface area contributed by atoms with Crippen molar-refractivity contribution in [1.29, 1.82) is 0 Å². The smallest absolute Gasteiger partial charge is 0.161 e. The molecular formula is C15H17F2N3. The van der Waals surface area contributed by atoms with Gasteiger partial charge in [0.25, 0.3) is 0 Å². The molecule has 2 atom stereocenters. The molecule has 106 valence electrons. The molecule has 1 aromatic carbocycles. The number of nitrogens with one attached hydrogen (secondary N) is 2. The van der Waals surface area contributed by atoms with Crippen LogP contribution in [-0.2, 0) is 6.42 Å². The average Bonchev–Trinajstić information content (AvgIpc) is 2.93. The van der Waals surface area contributed by atoms with E-state index in [0.29, 0.717) is 29.0 Å². The summed E-state index contributed by atoms with van der Waals surface area (Å²) in [5.74, 6) is -0.205. The molecule has 4 rings (SSSR count). The highest BCUT2D eigenvalue weighted by molar-refractivity contribution is 5.75. The topological polar surface area (TPSA) is 40.7 Å². The first-order valence-corrected chi connectivity index (χ1v) is 7.27. The molecule has 5 heteroatoms. The maximum atomic E-state index is 13.2. The van der Waals surface area contributed by atoms with Crippen LogP contribution in [0.5, 0.6) is 0 Å². The molecule has 0 radical (unpaired) electrons. The second-order valence-corrected chi connectivity index (χ2v) is 6.15. The average molecular weight is 277 g/mol. The zero-order chi connectivity index (χ0) is 13.7. The van der Waals surface area contributed by atoms with E-state index in [4.69, 9.17) is 0 Å². The summed E-state index contributed by atoms with van der Waals surface area (Å²) in [6.07, 6.45) is 5.77. The molecule has 0 amide bonds. The molecule has 2 unspecified atom stereocenters. The van der Waals surface area contributed by atoms with Crippen molar-refractivity contribution < 1.29 is 8.78 Å². The third kappa shape index (κ3) is 2.10. The molecule has 0 spiro atoms. The minimum Gasteiger partial charge on any atom is -0.342 e. The van der Waals surface area contributed by atoms with Gasteiger partial charge in [-0.3, -0.25) is 0 Å². The van der Waals surface area contributed by atoms with E-state index < -0.39 is 11.6 Å². The fraction of sp³-hybridized carbons (Fsp3) is 0.533. The number of hydrogen-bond acceptors (Lipinski definition) is 2. The van der Waals surface area contributed by atoms with Crippen LogP contribution in [0.15, 0.2) is 12.1 Å². The van der Waals surface area contributed by atoms with Crippen LogP contribution in [0, 0.1) is 17.6 Å². The molecule has 2 aliphatic heterocycles. The fourth-order valence-electron chi connectivity index (χ4n) is 3.77. The van der Waals surface area contributed by atoms with Crippen LogP contribution in [0.2, 0.25) is 0 Å². The van der Waals surface area contributed by atoms with Crippen LogP contribution >= 0.6 is 0 Å². The van der Waals surface area contributed by atoms with Crippen LogP contribution in [-0.4, -0.2) is 22.1 Å². The van der Waals surface area contributed by atoms with E-state index in [9.17, 15) is 8.78 Å². The molecule has 1 aromatic heterocycles. The van der Waals surface area contributed by atoms with Crippen LogP contribution < -0.4 is 5.32 Å². The predicted octanol–water partition coefficient (Wildman–Crippen LogP) is 2.91. The molecule has 2 bridgehead atoms. The Morgan fingerprint density at radius 2 is 1.80 bits per heavy atom. The van der Waals surface area contributed by atoms with Gasteiger partial charge < -0.3 is 10.3 Å². The summed E-state index contributed by atoms with van der Waals surface area (Å²) >= 11 is 0. The Bertz CT molecular complexity index is 601. The summed E-state index contributed by atoms with van der Waals surface area (Å²) in [5.41, 5.74) is 1.09. The molecule has 2 aromatic rings. The Hall–Kier alpha value is -1.49. The van der Waals surface area contributed by atoms with E-state index in [1.165, 1.54) is 31.7 Å². The lowest BCUT2D eigenvalue weighted by atomic mass is 9.89. The maximum Gasteiger partial charge on any atom is 0.161 e. The molecule has 3 nitrogen and oxygen atoms in total. The molecule has 2 aliphatic rings. The van der Waals surface area contributed by atoms with E-state index in [2.05, 4.69) is 15.3 Å². The van der Waals surface area contributed by atoms with E-state index in [1.54, 1.807) is 0 Å². The quantitative estimate of drug-likeness (QED) is 0.886. The minimum atomic E-state index is -0.838. The molecule has 0 saturated carbocycles. The standard InChI is InChI=1S/C15H17F2N3/c16-11-6-13-14(7-12(11)17)20-15(19-13)5-8-3-9-1-2-10(4-8)18-9/h6-10,18H,1-5H2,(H,19,20). The van der Waals surface area contributed by atoms with E-state index in [0.717, 1.165) is 18.3 Å². The SMILES string of the molecule is Fc1cc2nc(CC3CC4CCC(C3)N4)[nH]c2cc1F. The largest absolute Gasteiger partial charge is 0.342 e. The Labute approximate surface area is 115 Å². The first-order valence-electron chi connectivity index (χ1n) is 7.27. The highest BCUT2D eigenvalue weighted by atomic mass is 19.2. The maximum absolute atomic E-state index is 13.2. The first kappa shape index (κ1) is 12.3. The number of H-pyrrole nitrogens is 1. The van der Waals surface area contributed by atoms with Crippen LogP contribution in [0.4, 0.5) is 8.78 Å². The van der Waals surface area contributed by atoms with Gasteiger partial charge in [0.15, 0.2) is 11.6 Å². The van der Waals surface area contributed by atoms with Crippen LogP contribution in [0.1, 0.15) is 31.5 Å². The zero-order valence-electron chi connectivity index (χ0n) is 11.1. The van der Waals surface area contributed by atoms with E-state index in [-0.39, 0.29) is 0 Å². The van der Waals surface area contributed by atoms with E-state index in [1.807, 2.05) is 0 Å². The normalized spacial score (nSPS) is 29.2. The second kappa shape index (κ2) is 4.52. The van der Waals surface area contributed by atoms with Crippen molar-refractivity contribution in [1.82, 2.24) is 15.3 Å². The molecule has 20 heavy (non-hydrogen) atoms. The number of hydrogen-bond donors (Lipinski definition) is 2. The van der Waals surface area contributed by atoms with Gasteiger partial charge >= 0.3 is 0 Å². The first-order chi connectivity index (χ1) is 9.67. The zero-order valence-corrected chi connectivity index (χ0v) is 11.1. The Balaban J connectivity index is 1.56. The van der Waals surface area contributed by atoms with Gasteiger partial charge in [-0.25, -0.2) is 13.8 Å². The van der Waals surface area contributed by atoms with Gasteiger partial charge in [-0.2, -0.15) is 0 Å². The number of nitrogens with zero attached hydrogens (tertiary/aromatic N) is 1. The summed E-state index contributed by atoms with van der Waals surface area (Å²) in [5, 5.41) is 3.62. The number of benzene rings is 1. The minimum absolute atomic E-state index is 0.510. The molecule has 0 aliphatic carbocycles. The third-order valence-corrected chi connectivity index (χ3v) is 4.63. The molecule has 2 saturated heterocycles. The molecular weight excluding hydrogens is 260 g/mol. The Kier molecular flexibility index (Phi) is 2.77. The number of halogens is 2. The molecule has 2 N–H and O–H groups in total. The highest BCUT2D eigenvalue weighted by Crippen LogP contribution is 2.32. The second-order valence-electron chi connectivity index (χ2n) is 6.15. The van der Waals surface area contributed by atoms with Crippen molar-refractivity contribution in [2.24, 2.45) is 5.92 Å². The van der Waals surface area contributed by atoms with Gasteiger partial charge in [-0.05, 0) is 31.6 Å². The summed E-state index contributed by atoms with van der Waals surface area (Å²) in [6, 6.07) is 3.65. The molecule has 2 fully saturated rings. The van der Waals surface area contributed by atoms with Gasteiger partial charge in [0.1, 0.15) is 5.82 Å². The summed E-state index contributed by atoms with van der Waals surface area (Å²) in [7, 11) is 0. The van der Waals surface area contributed by atoms with Crippen molar-refractivity contribution in [3.05, 3.63) is 29.6 Å². The summed E-state index contributed by atoms with van der Waals surface area (Å²) in [4.78, 5) is 7.52.